The molecule has 2 aromatic heterocycles. The molecule has 2 heterocycles. The minimum Gasteiger partial charge on any atom is -0.335 e. The molecule has 0 saturated carbocycles. The zero-order chi connectivity index (χ0) is 11.8. The van der Waals surface area contributed by atoms with E-state index in [0.717, 1.165) is 16.9 Å². The second-order valence-electron chi connectivity index (χ2n) is 3.58. The van der Waals surface area contributed by atoms with E-state index in [9.17, 15) is 0 Å². The van der Waals surface area contributed by atoms with Crippen molar-refractivity contribution in [2.75, 3.05) is 0 Å². The van der Waals surface area contributed by atoms with Crippen molar-refractivity contribution in [2.24, 2.45) is 0 Å². The minimum atomic E-state index is 0.548. The van der Waals surface area contributed by atoms with Crippen molar-refractivity contribution >= 4 is 35.5 Å². The summed E-state index contributed by atoms with van der Waals surface area (Å²) < 4.78 is 1.12. The molecule has 6 heteroatoms. The maximum atomic E-state index is 5.17. The van der Waals surface area contributed by atoms with E-state index in [1.54, 1.807) is 0 Å². The summed E-state index contributed by atoms with van der Waals surface area (Å²) in [6.07, 6.45) is 0. The maximum Gasteiger partial charge on any atom is 0.146 e. The fraction of sp³-hybridized carbons (Fsp3) is 0. The van der Waals surface area contributed by atoms with Gasteiger partial charge in [0.15, 0.2) is 0 Å². The molecule has 0 fully saturated rings. The molecule has 4 nitrogen and oxygen atoms in total. The summed E-state index contributed by atoms with van der Waals surface area (Å²) in [6, 6.07) is 9.85. The highest BCUT2D eigenvalue weighted by atomic mass is 32.1. The smallest absolute Gasteiger partial charge is 0.146 e. The normalized spacial score (nSPS) is 10.8. The van der Waals surface area contributed by atoms with E-state index in [0.29, 0.717) is 14.8 Å². The largest absolute Gasteiger partial charge is 0.335 e. The van der Waals surface area contributed by atoms with Crippen molar-refractivity contribution in [1.29, 1.82) is 0 Å². The molecule has 0 aliphatic rings. The third kappa shape index (κ3) is 1.71. The second-order valence-corrected chi connectivity index (χ2v) is 4.40. The molecule has 1 aromatic carbocycles. The minimum absolute atomic E-state index is 0.548. The number of aromatic amines is 3. The number of hydrogen-bond donors (Lipinski definition) is 3. The van der Waals surface area contributed by atoms with Gasteiger partial charge in [0.1, 0.15) is 26.1 Å². The van der Waals surface area contributed by atoms with Gasteiger partial charge in [-0.1, -0.05) is 54.8 Å². The van der Waals surface area contributed by atoms with Gasteiger partial charge in [-0.3, -0.25) is 10.2 Å². The van der Waals surface area contributed by atoms with E-state index in [1.807, 2.05) is 30.3 Å². The van der Waals surface area contributed by atoms with Gasteiger partial charge in [-0.25, -0.2) is 4.98 Å². The van der Waals surface area contributed by atoms with Crippen LogP contribution in [0.25, 0.3) is 22.4 Å². The lowest BCUT2D eigenvalue weighted by Gasteiger charge is -1.93. The first-order valence-electron chi connectivity index (χ1n) is 5.02. The Morgan fingerprint density at radius 2 is 1.65 bits per heavy atom. The Balaban J connectivity index is 2.35. The first kappa shape index (κ1) is 10.4. The van der Waals surface area contributed by atoms with Gasteiger partial charge in [0.2, 0.25) is 0 Å². The summed E-state index contributed by atoms with van der Waals surface area (Å²) in [5, 5.41) is 5.63. The number of hydrogen-bond acceptors (Lipinski definition) is 3. The standard InChI is InChI=1S/C11H8N4S2/c16-10-7-8(11(17)15-14-10)13-9(12-7)6-4-2-1-3-5-6/h1-5H,(H,12,13)(H,14,16)(H,15,17). The first-order chi connectivity index (χ1) is 8.25. The quantitative estimate of drug-likeness (QED) is 0.588. The van der Waals surface area contributed by atoms with Crippen LogP contribution < -0.4 is 0 Å². The molecular weight excluding hydrogens is 252 g/mol. The number of fused-ring (bicyclic) bond motifs is 1. The maximum absolute atomic E-state index is 5.17. The van der Waals surface area contributed by atoms with Crippen LogP contribution in [-0.2, 0) is 0 Å². The Morgan fingerprint density at radius 1 is 0.941 bits per heavy atom. The highest BCUT2D eigenvalue weighted by Crippen LogP contribution is 2.20. The van der Waals surface area contributed by atoms with Crippen LogP contribution in [0.2, 0.25) is 0 Å². The second kappa shape index (κ2) is 3.90. The molecule has 0 unspecified atom stereocenters. The lowest BCUT2D eigenvalue weighted by Crippen LogP contribution is -1.84. The molecule has 3 rings (SSSR count). The molecule has 0 radical (unpaired) electrons. The van der Waals surface area contributed by atoms with Crippen LogP contribution in [0.5, 0.6) is 0 Å². The van der Waals surface area contributed by atoms with E-state index >= 15 is 0 Å². The molecular formula is C11H8N4S2. The lowest BCUT2D eigenvalue weighted by atomic mass is 10.2. The fourth-order valence-electron chi connectivity index (χ4n) is 1.67. The topological polar surface area (TPSA) is 60.3 Å². The predicted octanol–water partition coefficient (Wildman–Crippen LogP) is 3.35. The molecule has 0 saturated heterocycles. The average Bonchev–Trinajstić information content (AvgIpc) is 2.81. The zero-order valence-electron chi connectivity index (χ0n) is 8.65. The monoisotopic (exact) mass is 260 g/mol. The van der Waals surface area contributed by atoms with E-state index in [-0.39, 0.29) is 0 Å². The number of aromatic nitrogens is 4. The van der Waals surface area contributed by atoms with Gasteiger partial charge in [-0.05, 0) is 0 Å². The van der Waals surface area contributed by atoms with Gasteiger partial charge in [-0.15, -0.1) is 0 Å². The number of H-pyrrole nitrogens is 3. The van der Waals surface area contributed by atoms with Crippen LogP contribution in [0.3, 0.4) is 0 Å². The van der Waals surface area contributed by atoms with Crippen LogP contribution in [0.4, 0.5) is 0 Å². The van der Waals surface area contributed by atoms with E-state index in [2.05, 4.69) is 20.2 Å². The van der Waals surface area contributed by atoms with Crippen LogP contribution >= 0.6 is 24.4 Å². The molecule has 0 spiro atoms. The summed E-state index contributed by atoms with van der Waals surface area (Å²) in [6.45, 7) is 0. The molecule has 0 amide bonds. The van der Waals surface area contributed by atoms with Gasteiger partial charge in [-0.2, -0.15) is 0 Å². The van der Waals surface area contributed by atoms with Crippen LogP contribution in [0, 0.1) is 9.28 Å². The molecule has 17 heavy (non-hydrogen) atoms. The summed E-state index contributed by atoms with van der Waals surface area (Å²) in [4.78, 5) is 7.65. The third-order valence-electron chi connectivity index (χ3n) is 2.48. The highest BCUT2D eigenvalue weighted by molar-refractivity contribution is 7.72. The van der Waals surface area contributed by atoms with Crippen molar-refractivity contribution in [1.82, 2.24) is 20.2 Å². The Labute approximate surface area is 107 Å². The summed E-state index contributed by atoms with van der Waals surface area (Å²) in [5.41, 5.74) is 2.47. The van der Waals surface area contributed by atoms with E-state index < -0.39 is 0 Å². The molecule has 0 bridgehead atoms. The van der Waals surface area contributed by atoms with Gasteiger partial charge in [0, 0.05) is 5.56 Å². The third-order valence-corrected chi connectivity index (χ3v) is 3.08. The van der Waals surface area contributed by atoms with Gasteiger partial charge >= 0.3 is 0 Å². The number of rotatable bonds is 1. The summed E-state index contributed by atoms with van der Waals surface area (Å²) in [7, 11) is 0. The van der Waals surface area contributed by atoms with Crippen molar-refractivity contribution in [3.63, 3.8) is 0 Å². The zero-order valence-corrected chi connectivity index (χ0v) is 10.3. The van der Waals surface area contributed by atoms with E-state index in [1.165, 1.54) is 0 Å². The number of imidazole rings is 1. The molecule has 3 N–H and O–H groups in total. The number of nitrogens with zero attached hydrogens (tertiary/aromatic N) is 1. The Morgan fingerprint density at radius 3 is 2.35 bits per heavy atom. The van der Waals surface area contributed by atoms with Gasteiger partial charge in [0.05, 0.1) is 0 Å². The molecule has 3 aromatic rings. The molecule has 84 valence electrons. The van der Waals surface area contributed by atoms with Crippen LogP contribution in [-0.4, -0.2) is 20.2 Å². The Hall–Kier alpha value is -1.79. The number of nitrogens with one attached hydrogen (secondary N) is 3. The Bertz CT molecular complexity index is 735. The van der Waals surface area contributed by atoms with Crippen LogP contribution in [0.1, 0.15) is 0 Å². The molecule has 0 atom stereocenters. The van der Waals surface area contributed by atoms with Crippen molar-refractivity contribution < 1.29 is 0 Å². The molecule has 0 aliphatic carbocycles. The van der Waals surface area contributed by atoms with Gasteiger partial charge in [0.25, 0.3) is 0 Å². The fourth-order valence-corrected chi connectivity index (χ4v) is 2.07. The average molecular weight is 260 g/mol. The SMILES string of the molecule is S=c1[nH][nH]c(=S)c2[nH]c(-c3ccccc3)nc12. The van der Waals surface area contributed by atoms with Gasteiger partial charge < -0.3 is 4.98 Å². The predicted molar refractivity (Wildman–Crippen MR) is 71.9 cm³/mol. The lowest BCUT2D eigenvalue weighted by molar-refractivity contribution is 1.02. The summed E-state index contributed by atoms with van der Waals surface area (Å²) >= 11 is 10.3. The van der Waals surface area contributed by atoms with Crippen molar-refractivity contribution in [3.05, 3.63) is 39.6 Å². The van der Waals surface area contributed by atoms with Crippen LogP contribution in [0.15, 0.2) is 30.3 Å². The highest BCUT2D eigenvalue weighted by Gasteiger charge is 2.07. The number of benzene rings is 1. The summed E-state index contributed by atoms with van der Waals surface area (Å²) in [5.74, 6) is 0.769. The van der Waals surface area contributed by atoms with Crippen molar-refractivity contribution in [3.8, 4) is 11.4 Å². The van der Waals surface area contributed by atoms with E-state index in [4.69, 9.17) is 24.4 Å². The first-order valence-corrected chi connectivity index (χ1v) is 5.83. The Kier molecular flexibility index (Phi) is 2.38. The molecule has 0 aliphatic heterocycles. The van der Waals surface area contributed by atoms with Crippen molar-refractivity contribution in [2.45, 2.75) is 0 Å².